The van der Waals surface area contributed by atoms with Crippen molar-refractivity contribution in [3.05, 3.63) is 35.6 Å². The molecule has 4 nitrogen and oxygen atoms in total. The first-order valence-electron chi connectivity index (χ1n) is 10.4. The number of hydrogen-bond donors (Lipinski definition) is 0. The molecular weight excluding hydrogens is 341 g/mol. The lowest BCUT2D eigenvalue weighted by Crippen LogP contribution is -2.44. The average Bonchev–Trinajstić information content (AvgIpc) is 2.66. The van der Waals surface area contributed by atoms with Gasteiger partial charge in [0.1, 0.15) is 5.82 Å². The molecule has 27 heavy (non-hydrogen) atoms. The Balaban J connectivity index is 1.43. The van der Waals surface area contributed by atoms with Gasteiger partial charge in [-0.05, 0) is 82.4 Å². The molecule has 2 aliphatic rings. The number of amides is 1. The van der Waals surface area contributed by atoms with Gasteiger partial charge in [-0.1, -0.05) is 12.1 Å². The van der Waals surface area contributed by atoms with Crippen LogP contribution in [0.4, 0.5) is 4.39 Å². The molecule has 150 valence electrons. The number of nitrogens with zero attached hydrogens (tertiary/aromatic N) is 3. The lowest BCUT2D eigenvalue weighted by molar-refractivity contribution is -0.133. The highest BCUT2D eigenvalue weighted by molar-refractivity contribution is 5.76. The van der Waals surface area contributed by atoms with Crippen LogP contribution in [0.5, 0.6) is 0 Å². The normalized spacial score (nSPS) is 22.7. The summed E-state index contributed by atoms with van der Waals surface area (Å²) in [6.45, 7) is 5.05. The van der Waals surface area contributed by atoms with E-state index in [4.69, 9.17) is 0 Å². The summed E-state index contributed by atoms with van der Waals surface area (Å²) in [5.41, 5.74) is 1.04. The van der Waals surface area contributed by atoms with Gasteiger partial charge in [0.25, 0.3) is 0 Å². The minimum absolute atomic E-state index is 0.163. The van der Waals surface area contributed by atoms with Gasteiger partial charge in [-0.15, -0.1) is 0 Å². The number of hydrogen-bond acceptors (Lipinski definition) is 3. The van der Waals surface area contributed by atoms with E-state index in [1.165, 1.54) is 18.9 Å². The van der Waals surface area contributed by atoms with Gasteiger partial charge in [-0.3, -0.25) is 9.69 Å². The van der Waals surface area contributed by atoms with Crippen LogP contribution in [0.1, 0.15) is 44.1 Å². The van der Waals surface area contributed by atoms with E-state index in [1.54, 1.807) is 12.1 Å². The molecule has 2 heterocycles. The smallest absolute Gasteiger partial charge is 0.222 e. The van der Waals surface area contributed by atoms with Crippen LogP contribution in [-0.4, -0.2) is 66.9 Å². The number of rotatable bonds is 6. The fourth-order valence-electron chi connectivity index (χ4n) is 4.51. The van der Waals surface area contributed by atoms with E-state index in [1.807, 2.05) is 18.0 Å². The van der Waals surface area contributed by atoms with E-state index in [2.05, 4.69) is 16.8 Å². The number of halogens is 1. The largest absolute Gasteiger partial charge is 0.343 e. The molecule has 0 spiro atoms. The molecule has 0 N–H and O–H groups in total. The van der Waals surface area contributed by atoms with Crippen LogP contribution in [0, 0.1) is 11.7 Å². The highest BCUT2D eigenvalue weighted by Crippen LogP contribution is 2.24. The summed E-state index contributed by atoms with van der Waals surface area (Å²) in [6, 6.07) is 7.30. The summed E-state index contributed by atoms with van der Waals surface area (Å²) in [7, 11) is 4.13. The summed E-state index contributed by atoms with van der Waals surface area (Å²) in [6.07, 6.45) is 6.16. The minimum Gasteiger partial charge on any atom is -0.343 e. The SMILES string of the molecule is CN1CCC(N(C)C(=O)CC[C@H]2CCCN(Cc3cccc(F)c3)C2)CC1. The second kappa shape index (κ2) is 9.65. The zero-order chi connectivity index (χ0) is 19.2. The van der Waals surface area contributed by atoms with Gasteiger partial charge >= 0.3 is 0 Å². The van der Waals surface area contributed by atoms with Crippen LogP contribution in [-0.2, 0) is 11.3 Å². The molecule has 1 aromatic carbocycles. The number of benzene rings is 1. The molecule has 2 saturated heterocycles. The summed E-state index contributed by atoms with van der Waals surface area (Å²) < 4.78 is 13.4. The average molecular weight is 376 g/mol. The van der Waals surface area contributed by atoms with E-state index in [0.29, 0.717) is 24.3 Å². The summed E-state index contributed by atoms with van der Waals surface area (Å²) in [4.78, 5) is 19.4. The molecule has 0 bridgehead atoms. The van der Waals surface area contributed by atoms with E-state index >= 15 is 0 Å². The fourth-order valence-corrected chi connectivity index (χ4v) is 4.51. The molecule has 1 aromatic rings. The molecule has 3 rings (SSSR count). The number of carbonyl (C=O) groups excluding carboxylic acids is 1. The first-order chi connectivity index (χ1) is 13.0. The van der Waals surface area contributed by atoms with Crippen LogP contribution >= 0.6 is 0 Å². The third-order valence-corrected chi connectivity index (χ3v) is 6.29. The van der Waals surface area contributed by atoms with E-state index in [9.17, 15) is 9.18 Å². The van der Waals surface area contributed by atoms with Gasteiger partial charge in [-0.25, -0.2) is 4.39 Å². The second-order valence-electron chi connectivity index (χ2n) is 8.45. The van der Waals surface area contributed by atoms with E-state index < -0.39 is 0 Å². The predicted molar refractivity (Wildman–Crippen MR) is 107 cm³/mol. The highest BCUT2D eigenvalue weighted by atomic mass is 19.1. The van der Waals surface area contributed by atoms with Crippen LogP contribution in [0.2, 0.25) is 0 Å². The molecule has 1 amide bonds. The number of piperidine rings is 2. The van der Waals surface area contributed by atoms with Crippen LogP contribution in [0.3, 0.4) is 0 Å². The van der Waals surface area contributed by atoms with Gasteiger partial charge < -0.3 is 9.80 Å². The zero-order valence-corrected chi connectivity index (χ0v) is 16.9. The molecule has 5 heteroatoms. The van der Waals surface area contributed by atoms with Crippen molar-refractivity contribution in [2.75, 3.05) is 40.3 Å². The van der Waals surface area contributed by atoms with Crippen molar-refractivity contribution in [1.82, 2.24) is 14.7 Å². The molecule has 0 aliphatic carbocycles. The maximum atomic E-state index is 13.4. The van der Waals surface area contributed by atoms with Crippen LogP contribution in [0.25, 0.3) is 0 Å². The Bertz CT molecular complexity index is 615. The summed E-state index contributed by atoms with van der Waals surface area (Å²) in [5, 5.41) is 0. The lowest BCUT2D eigenvalue weighted by Gasteiger charge is -2.36. The molecule has 2 fully saturated rings. The van der Waals surface area contributed by atoms with Gasteiger partial charge in [0.2, 0.25) is 5.91 Å². The Morgan fingerprint density at radius 3 is 2.74 bits per heavy atom. The maximum Gasteiger partial charge on any atom is 0.222 e. The highest BCUT2D eigenvalue weighted by Gasteiger charge is 2.25. The van der Waals surface area contributed by atoms with E-state index in [0.717, 1.165) is 57.5 Å². The molecule has 0 aromatic heterocycles. The van der Waals surface area contributed by atoms with Crippen LogP contribution in [0.15, 0.2) is 24.3 Å². The first-order valence-corrected chi connectivity index (χ1v) is 10.4. The van der Waals surface area contributed by atoms with Gasteiger partial charge in [0.15, 0.2) is 0 Å². The lowest BCUT2D eigenvalue weighted by atomic mass is 9.92. The van der Waals surface area contributed by atoms with Gasteiger partial charge in [0.05, 0.1) is 0 Å². The first kappa shape index (κ1) is 20.3. The van der Waals surface area contributed by atoms with Gasteiger partial charge in [0, 0.05) is 32.6 Å². The Labute approximate surface area is 163 Å². The monoisotopic (exact) mass is 375 g/mol. The fraction of sp³-hybridized carbons (Fsp3) is 0.682. The number of likely N-dealkylation sites (tertiary alicyclic amines) is 2. The van der Waals surface area contributed by atoms with Crippen LogP contribution < -0.4 is 0 Å². The Morgan fingerprint density at radius 2 is 2.00 bits per heavy atom. The van der Waals surface area contributed by atoms with Crippen molar-refractivity contribution in [2.45, 2.75) is 51.1 Å². The van der Waals surface area contributed by atoms with Crippen molar-refractivity contribution in [2.24, 2.45) is 5.92 Å². The Morgan fingerprint density at radius 1 is 1.22 bits per heavy atom. The quantitative estimate of drug-likeness (QED) is 0.763. The van der Waals surface area contributed by atoms with Crippen molar-refractivity contribution in [1.29, 1.82) is 0 Å². The van der Waals surface area contributed by atoms with Gasteiger partial charge in [-0.2, -0.15) is 0 Å². The maximum absolute atomic E-state index is 13.4. The molecule has 0 saturated carbocycles. The van der Waals surface area contributed by atoms with Crippen molar-refractivity contribution >= 4 is 5.91 Å². The summed E-state index contributed by atoms with van der Waals surface area (Å²) in [5.74, 6) is 0.706. The Hall–Kier alpha value is -1.46. The standard InChI is InChI=1S/C22H34FN3O/c1-24-13-10-21(11-14-24)25(2)22(27)9-8-18-6-4-12-26(16-18)17-19-5-3-7-20(23)15-19/h3,5,7,15,18,21H,4,6,8-14,16-17H2,1-2H3/t18-/m1/s1. The second-order valence-corrected chi connectivity index (χ2v) is 8.45. The van der Waals surface area contributed by atoms with Crippen molar-refractivity contribution in [3.63, 3.8) is 0 Å². The van der Waals surface area contributed by atoms with E-state index in [-0.39, 0.29) is 5.82 Å². The molecular formula is C22H34FN3O. The minimum atomic E-state index is -0.163. The van der Waals surface area contributed by atoms with Crippen molar-refractivity contribution < 1.29 is 9.18 Å². The van der Waals surface area contributed by atoms with Crippen molar-refractivity contribution in [3.8, 4) is 0 Å². The predicted octanol–water partition coefficient (Wildman–Crippen LogP) is 3.37. The molecule has 1 atom stereocenters. The third-order valence-electron chi connectivity index (χ3n) is 6.29. The topological polar surface area (TPSA) is 26.8 Å². The zero-order valence-electron chi connectivity index (χ0n) is 16.9. The third kappa shape index (κ3) is 6.01. The summed E-state index contributed by atoms with van der Waals surface area (Å²) >= 11 is 0. The number of carbonyl (C=O) groups is 1. The molecule has 2 aliphatic heterocycles. The molecule has 0 radical (unpaired) electrons. The Kier molecular flexibility index (Phi) is 7.25. The molecule has 0 unspecified atom stereocenters.